The van der Waals surface area contributed by atoms with E-state index in [1.54, 1.807) is 0 Å². The Hall–Kier alpha value is -0.690. The Morgan fingerprint density at radius 3 is 2.76 bits per heavy atom. The molecule has 2 rings (SSSR count). The summed E-state index contributed by atoms with van der Waals surface area (Å²) in [7, 11) is -2.88. The second-order valence-corrected chi connectivity index (χ2v) is 7.20. The maximum Gasteiger partial charge on any atom is 0.152 e. The maximum absolute atomic E-state index is 11.5. The molecule has 2 heterocycles. The molecule has 1 saturated heterocycles. The number of hydrogen-bond acceptors (Lipinski definition) is 5. The first-order chi connectivity index (χ1) is 7.96. The molecule has 1 aliphatic heterocycles. The van der Waals surface area contributed by atoms with Crippen molar-refractivity contribution in [1.82, 2.24) is 9.97 Å². The highest BCUT2D eigenvalue weighted by atomic mass is 79.9. The number of anilines is 1. The molecule has 0 bridgehead atoms. The van der Waals surface area contributed by atoms with Gasteiger partial charge in [-0.05, 0) is 29.3 Å². The summed E-state index contributed by atoms with van der Waals surface area (Å²) < 4.78 is 23.8. The Balaban J connectivity index is 2.22. The molecule has 0 N–H and O–H groups in total. The lowest BCUT2D eigenvalue weighted by molar-refractivity contribution is 0.597. The zero-order valence-corrected chi connectivity index (χ0v) is 12.0. The molecular weight excluding hydrogens is 306 g/mol. The van der Waals surface area contributed by atoms with Crippen molar-refractivity contribution in [1.29, 1.82) is 0 Å². The van der Waals surface area contributed by atoms with E-state index in [1.807, 2.05) is 17.9 Å². The van der Waals surface area contributed by atoms with Gasteiger partial charge in [-0.15, -0.1) is 0 Å². The van der Waals surface area contributed by atoms with Gasteiger partial charge in [0, 0.05) is 19.2 Å². The minimum atomic E-state index is -2.88. The minimum absolute atomic E-state index is 0.202. The van der Waals surface area contributed by atoms with Gasteiger partial charge in [-0.25, -0.2) is 18.4 Å². The summed E-state index contributed by atoms with van der Waals surface area (Å²) in [6.07, 6.45) is 0.656. The van der Waals surface area contributed by atoms with E-state index >= 15 is 0 Å². The normalized spacial score (nSPS) is 20.0. The second-order valence-electron chi connectivity index (χ2n) is 4.09. The summed E-state index contributed by atoms with van der Waals surface area (Å²) >= 11 is 3.33. The van der Waals surface area contributed by atoms with Gasteiger partial charge in [0.15, 0.2) is 9.84 Å². The van der Waals surface area contributed by atoms with Crippen molar-refractivity contribution in [2.75, 3.05) is 29.5 Å². The van der Waals surface area contributed by atoms with Gasteiger partial charge in [-0.3, -0.25) is 0 Å². The number of rotatable bonds is 1. The molecule has 17 heavy (non-hydrogen) atoms. The zero-order chi connectivity index (χ0) is 12.5. The molecule has 1 aromatic rings. The lowest BCUT2D eigenvalue weighted by Crippen LogP contribution is -2.27. The van der Waals surface area contributed by atoms with Crippen LogP contribution >= 0.6 is 15.9 Å². The van der Waals surface area contributed by atoms with E-state index in [0.29, 0.717) is 18.8 Å². The average molecular weight is 320 g/mol. The van der Waals surface area contributed by atoms with Crippen molar-refractivity contribution in [3.8, 4) is 0 Å². The van der Waals surface area contributed by atoms with Crippen LogP contribution in [0.2, 0.25) is 0 Å². The zero-order valence-electron chi connectivity index (χ0n) is 9.56. The predicted octanol–water partition coefficient (Wildman–Crippen LogP) is 1.17. The summed E-state index contributed by atoms with van der Waals surface area (Å²) in [5, 5.41) is 0. The van der Waals surface area contributed by atoms with Gasteiger partial charge < -0.3 is 4.90 Å². The molecule has 7 heteroatoms. The summed E-state index contributed by atoms with van der Waals surface area (Å²) in [6, 6.07) is 1.82. The first-order valence-corrected chi connectivity index (χ1v) is 8.04. The van der Waals surface area contributed by atoms with Crippen LogP contribution in [0.15, 0.2) is 10.7 Å². The lowest BCUT2D eigenvalue weighted by Gasteiger charge is -2.21. The SMILES string of the molecule is Cc1nc(Br)cc(N2CCCS(=O)(=O)CC2)n1. The third-order valence-electron chi connectivity index (χ3n) is 2.67. The van der Waals surface area contributed by atoms with Gasteiger partial charge in [0.2, 0.25) is 0 Å². The Labute approximate surface area is 109 Å². The quantitative estimate of drug-likeness (QED) is 0.727. The number of aromatic nitrogens is 2. The third-order valence-corrected chi connectivity index (χ3v) is 4.79. The summed E-state index contributed by atoms with van der Waals surface area (Å²) in [5.41, 5.74) is 0. The van der Waals surface area contributed by atoms with E-state index in [2.05, 4.69) is 25.9 Å². The number of nitrogens with zero attached hydrogens (tertiary/aromatic N) is 3. The molecule has 0 saturated carbocycles. The van der Waals surface area contributed by atoms with Gasteiger partial charge in [0.1, 0.15) is 16.2 Å². The summed E-state index contributed by atoms with van der Waals surface area (Å²) in [5.74, 6) is 1.95. The van der Waals surface area contributed by atoms with Crippen molar-refractivity contribution < 1.29 is 8.42 Å². The molecule has 5 nitrogen and oxygen atoms in total. The lowest BCUT2D eigenvalue weighted by atomic mass is 10.4. The molecule has 1 aromatic heterocycles. The van der Waals surface area contributed by atoms with Gasteiger partial charge in [-0.1, -0.05) is 0 Å². The summed E-state index contributed by atoms with van der Waals surface area (Å²) in [4.78, 5) is 10.5. The summed E-state index contributed by atoms with van der Waals surface area (Å²) in [6.45, 7) is 3.05. The van der Waals surface area contributed by atoms with E-state index in [0.717, 1.165) is 17.0 Å². The molecule has 0 radical (unpaired) electrons. The van der Waals surface area contributed by atoms with Crippen molar-refractivity contribution in [3.05, 3.63) is 16.5 Å². The molecule has 0 amide bonds. The fourth-order valence-electron chi connectivity index (χ4n) is 1.85. The van der Waals surface area contributed by atoms with Crippen LogP contribution in [-0.4, -0.2) is 43.0 Å². The van der Waals surface area contributed by atoms with Gasteiger partial charge >= 0.3 is 0 Å². The first-order valence-electron chi connectivity index (χ1n) is 5.43. The van der Waals surface area contributed by atoms with E-state index in [1.165, 1.54) is 0 Å². The number of aryl methyl sites for hydroxylation is 1. The van der Waals surface area contributed by atoms with Crippen LogP contribution in [0.5, 0.6) is 0 Å². The number of halogens is 1. The van der Waals surface area contributed by atoms with Crippen molar-refractivity contribution in [3.63, 3.8) is 0 Å². The Bertz CT molecular complexity index is 498. The van der Waals surface area contributed by atoms with Gasteiger partial charge in [0.25, 0.3) is 0 Å². The fourth-order valence-corrected chi connectivity index (χ4v) is 3.58. The van der Waals surface area contributed by atoms with Crippen LogP contribution in [0.4, 0.5) is 5.82 Å². The number of sulfone groups is 1. The molecule has 0 unspecified atom stereocenters. The Morgan fingerprint density at radius 1 is 1.29 bits per heavy atom. The standard InChI is InChI=1S/C10H14BrN3O2S/c1-8-12-9(11)7-10(13-8)14-3-2-5-17(15,16)6-4-14/h7H,2-6H2,1H3. The van der Waals surface area contributed by atoms with Crippen LogP contribution in [0, 0.1) is 6.92 Å². The van der Waals surface area contributed by atoms with E-state index in [9.17, 15) is 8.42 Å². The molecule has 0 aromatic carbocycles. The minimum Gasteiger partial charge on any atom is -0.355 e. The molecule has 1 aliphatic rings. The van der Waals surface area contributed by atoms with Crippen molar-refractivity contribution >= 4 is 31.6 Å². The molecule has 0 atom stereocenters. The van der Waals surface area contributed by atoms with Crippen LogP contribution in [-0.2, 0) is 9.84 Å². The largest absolute Gasteiger partial charge is 0.355 e. The monoisotopic (exact) mass is 319 g/mol. The average Bonchev–Trinajstić information content (AvgIpc) is 2.38. The fraction of sp³-hybridized carbons (Fsp3) is 0.600. The number of hydrogen-bond donors (Lipinski definition) is 0. The Morgan fingerprint density at radius 2 is 2.06 bits per heavy atom. The molecule has 94 valence electrons. The van der Waals surface area contributed by atoms with E-state index in [-0.39, 0.29) is 11.5 Å². The molecule has 0 spiro atoms. The predicted molar refractivity (Wildman–Crippen MR) is 70.0 cm³/mol. The van der Waals surface area contributed by atoms with Crippen molar-refractivity contribution in [2.24, 2.45) is 0 Å². The van der Waals surface area contributed by atoms with E-state index < -0.39 is 9.84 Å². The Kier molecular flexibility index (Phi) is 3.67. The van der Waals surface area contributed by atoms with Crippen LogP contribution in [0.25, 0.3) is 0 Å². The van der Waals surface area contributed by atoms with Crippen LogP contribution in [0.3, 0.4) is 0 Å². The first kappa shape index (κ1) is 12.8. The highest BCUT2D eigenvalue weighted by Gasteiger charge is 2.20. The highest BCUT2D eigenvalue weighted by Crippen LogP contribution is 2.18. The maximum atomic E-state index is 11.5. The smallest absolute Gasteiger partial charge is 0.152 e. The molecule has 0 aliphatic carbocycles. The van der Waals surface area contributed by atoms with Crippen LogP contribution < -0.4 is 4.90 Å². The second kappa shape index (κ2) is 4.89. The van der Waals surface area contributed by atoms with E-state index in [4.69, 9.17) is 0 Å². The van der Waals surface area contributed by atoms with Gasteiger partial charge in [-0.2, -0.15) is 0 Å². The molecule has 1 fully saturated rings. The van der Waals surface area contributed by atoms with Crippen LogP contribution in [0.1, 0.15) is 12.2 Å². The van der Waals surface area contributed by atoms with Gasteiger partial charge in [0.05, 0.1) is 11.5 Å². The van der Waals surface area contributed by atoms with Crippen molar-refractivity contribution in [2.45, 2.75) is 13.3 Å². The topological polar surface area (TPSA) is 63.2 Å². The highest BCUT2D eigenvalue weighted by molar-refractivity contribution is 9.10. The third kappa shape index (κ3) is 3.38. The molecular formula is C10H14BrN3O2S.